The normalized spacial score (nSPS) is 12.3. The molecule has 0 fully saturated rings. The molecule has 1 aliphatic rings. The summed E-state index contributed by atoms with van der Waals surface area (Å²) in [5.41, 5.74) is 1.52. The molecule has 4 heteroatoms. The van der Waals surface area contributed by atoms with E-state index in [1.165, 1.54) is 6.07 Å². The maximum absolute atomic E-state index is 10.7. The van der Waals surface area contributed by atoms with E-state index in [2.05, 4.69) is 0 Å². The highest BCUT2D eigenvalue weighted by Crippen LogP contribution is 2.39. The Kier molecular flexibility index (Phi) is 1.86. The molecular formula is C10H7NO3. The molecule has 70 valence electrons. The van der Waals surface area contributed by atoms with Crippen LogP contribution in [0.5, 0.6) is 11.5 Å². The van der Waals surface area contributed by atoms with Crippen LogP contribution in [0.15, 0.2) is 6.07 Å². The van der Waals surface area contributed by atoms with Crippen molar-refractivity contribution in [3.8, 4) is 17.6 Å². The summed E-state index contributed by atoms with van der Waals surface area (Å²) in [5.74, 6) is 0.946. The van der Waals surface area contributed by atoms with E-state index in [1.54, 1.807) is 6.92 Å². The van der Waals surface area contributed by atoms with Gasteiger partial charge in [0.15, 0.2) is 17.8 Å². The zero-order valence-corrected chi connectivity index (χ0v) is 7.53. The second-order valence-corrected chi connectivity index (χ2v) is 2.93. The van der Waals surface area contributed by atoms with Crippen molar-refractivity contribution in [3.63, 3.8) is 0 Å². The van der Waals surface area contributed by atoms with Gasteiger partial charge in [-0.2, -0.15) is 5.26 Å². The molecule has 0 radical (unpaired) electrons. The highest BCUT2D eigenvalue weighted by Gasteiger charge is 2.22. The largest absolute Gasteiger partial charge is 0.453 e. The average Bonchev–Trinajstić information content (AvgIpc) is 2.68. The first kappa shape index (κ1) is 8.57. The number of rotatable bonds is 1. The van der Waals surface area contributed by atoms with Crippen LogP contribution in [0.1, 0.15) is 21.5 Å². The van der Waals surface area contributed by atoms with Crippen LogP contribution in [0.25, 0.3) is 0 Å². The molecule has 1 aromatic rings. The Morgan fingerprint density at radius 3 is 2.86 bits per heavy atom. The minimum Gasteiger partial charge on any atom is -0.453 e. The summed E-state index contributed by atoms with van der Waals surface area (Å²) >= 11 is 0. The van der Waals surface area contributed by atoms with Crippen molar-refractivity contribution >= 4 is 6.29 Å². The predicted octanol–water partition coefficient (Wildman–Crippen LogP) is 1.41. The first-order valence-corrected chi connectivity index (χ1v) is 4.06. The van der Waals surface area contributed by atoms with E-state index in [0.29, 0.717) is 34.5 Å². The van der Waals surface area contributed by atoms with Crippen LogP contribution in [-0.2, 0) is 0 Å². The van der Waals surface area contributed by atoms with Crippen molar-refractivity contribution in [1.82, 2.24) is 0 Å². The number of nitrogens with zero attached hydrogens (tertiary/aromatic N) is 1. The van der Waals surface area contributed by atoms with Crippen LogP contribution >= 0.6 is 0 Å². The summed E-state index contributed by atoms with van der Waals surface area (Å²) in [6, 6.07) is 3.48. The third kappa shape index (κ3) is 1.03. The number of nitriles is 1. The number of benzene rings is 1. The van der Waals surface area contributed by atoms with Gasteiger partial charge >= 0.3 is 0 Å². The van der Waals surface area contributed by atoms with Gasteiger partial charge in [0, 0.05) is 11.1 Å². The summed E-state index contributed by atoms with van der Waals surface area (Å²) in [5, 5.41) is 8.81. The topological polar surface area (TPSA) is 59.3 Å². The lowest BCUT2D eigenvalue weighted by molar-refractivity contribution is 0.112. The van der Waals surface area contributed by atoms with E-state index in [1.807, 2.05) is 6.07 Å². The highest BCUT2D eigenvalue weighted by atomic mass is 16.7. The lowest BCUT2D eigenvalue weighted by Gasteiger charge is -2.04. The van der Waals surface area contributed by atoms with E-state index in [0.717, 1.165) is 0 Å². The predicted molar refractivity (Wildman–Crippen MR) is 47.4 cm³/mol. The molecule has 0 amide bonds. The summed E-state index contributed by atoms with van der Waals surface area (Å²) in [4.78, 5) is 10.7. The summed E-state index contributed by atoms with van der Waals surface area (Å²) < 4.78 is 10.3. The van der Waals surface area contributed by atoms with Gasteiger partial charge in [-0.15, -0.1) is 0 Å². The third-order valence-corrected chi connectivity index (χ3v) is 2.18. The van der Waals surface area contributed by atoms with Gasteiger partial charge in [-0.3, -0.25) is 4.79 Å². The van der Waals surface area contributed by atoms with Crippen molar-refractivity contribution < 1.29 is 14.3 Å². The summed E-state index contributed by atoms with van der Waals surface area (Å²) in [7, 11) is 0. The van der Waals surface area contributed by atoms with E-state index in [4.69, 9.17) is 14.7 Å². The summed E-state index contributed by atoms with van der Waals surface area (Å²) in [6.07, 6.45) is 0.706. The van der Waals surface area contributed by atoms with Crippen molar-refractivity contribution in [1.29, 1.82) is 5.26 Å². The monoisotopic (exact) mass is 189 g/mol. The SMILES string of the molecule is Cc1c(C=O)cc(C#N)c2c1OCO2. The fourth-order valence-electron chi connectivity index (χ4n) is 1.42. The quantitative estimate of drug-likeness (QED) is 0.626. The Bertz CT molecular complexity index is 446. The van der Waals surface area contributed by atoms with E-state index >= 15 is 0 Å². The molecule has 0 bridgehead atoms. The Hall–Kier alpha value is -2.02. The molecule has 0 aromatic heterocycles. The molecular weight excluding hydrogens is 182 g/mol. The van der Waals surface area contributed by atoms with Gasteiger partial charge in [-0.1, -0.05) is 0 Å². The molecule has 0 spiro atoms. The lowest BCUT2D eigenvalue weighted by atomic mass is 10.0. The Morgan fingerprint density at radius 2 is 2.21 bits per heavy atom. The van der Waals surface area contributed by atoms with Gasteiger partial charge in [-0.25, -0.2) is 0 Å². The number of aldehydes is 1. The van der Waals surface area contributed by atoms with Crippen LogP contribution in [0.3, 0.4) is 0 Å². The first-order chi connectivity index (χ1) is 6.77. The van der Waals surface area contributed by atoms with Gasteiger partial charge < -0.3 is 9.47 Å². The molecule has 0 unspecified atom stereocenters. The van der Waals surface area contributed by atoms with E-state index < -0.39 is 0 Å². The smallest absolute Gasteiger partial charge is 0.231 e. The van der Waals surface area contributed by atoms with Gasteiger partial charge in [0.2, 0.25) is 6.79 Å². The first-order valence-electron chi connectivity index (χ1n) is 4.06. The average molecular weight is 189 g/mol. The molecule has 2 rings (SSSR count). The van der Waals surface area contributed by atoms with Crippen molar-refractivity contribution in [3.05, 3.63) is 22.8 Å². The summed E-state index contributed by atoms with van der Waals surface area (Å²) in [6.45, 7) is 1.87. The van der Waals surface area contributed by atoms with Crippen LogP contribution in [0.2, 0.25) is 0 Å². The number of fused-ring (bicyclic) bond motifs is 1. The fraction of sp³-hybridized carbons (Fsp3) is 0.200. The highest BCUT2D eigenvalue weighted by molar-refractivity contribution is 5.81. The number of carbonyl (C=O) groups is 1. The Labute approximate surface area is 80.7 Å². The van der Waals surface area contributed by atoms with Crippen LogP contribution in [0.4, 0.5) is 0 Å². The van der Waals surface area contributed by atoms with Crippen LogP contribution in [-0.4, -0.2) is 13.1 Å². The molecule has 0 saturated heterocycles. The zero-order valence-electron chi connectivity index (χ0n) is 7.53. The number of ether oxygens (including phenoxy) is 2. The molecule has 1 aliphatic heterocycles. The lowest BCUT2D eigenvalue weighted by Crippen LogP contribution is -1.94. The zero-order chi connectivity index (χ0) is 10.1. The van der Waals surface area contributed by atoms with E-state index in [9.17, 15) is 4.79 Å². The maximum atomic E-state index is 10.7. The fourth-order valence-corrected chi connectivity index (χ4v) is 1.42. The van der Waals surface area contributed by atoms with E-state index in [-0.39, 0.29) is 6.79 Å². The van der Waals surface area contributed by atoms with Gasteiger partial charge in [0.25, 0.3) is 0 Å². The number of carbonyl (C=O) groups excluding carboxylic acids is 1. The molecule has 1 heterocycles. The second kappa shape index (κ2) is 3.04. The van der Waals surface area contributed by atoms with Crippen molar-refractivity contribution in [2.24, 2.45) is 0 Å². The standard InChI is InChI=1S/C10H7NO3/c1-6-8(4-12)2-7(3-11)10-9(6)13-5-14-10/h2,4H,5H2,1H3. The minimum absolute atomic E-state index is 0.104. The Morgan fingerprint density at radius 1 is 1.50 bits per heavy atom. The molecule has 0 atom stereocenters. The maximum Gasteiger partial charge on any atom is 0.231 e. The molecule has 0 saturated carbocycles. The van der Waals surface area contributed by atoms with Crippen molar-refractivity contribution in [2.45, 2.75) is 6.92 Å². The number of hydrogen-bond donors (Lipinski definition) is 0. The Balaban J connectivity index is 2.74. The van der Waals surface area contributed by atoms with Crippen LogP contribution < -0.4 is 9.47 Å². The third-order valence-electron chi connectivity index (χ3n) is 2.18. The molecule has 0 N–H and O–H groups in total. The molecule has 14 heavy (non-hydrogen) atoms. The molecule has 4 nitrogen and oxygen atoms in total. The molecule has 1 aromatic carbocycles. The molecule has 0 aliphatic carbocycles. The van der Waals surface area contributed by atoms with Gasteiger partial charge in [0.1, 0.15) is 6.07 Å². The number of hydrogen-bond acceptors (Lipinski definition) is 4. The van der Waals surface area contributed by atoms with Crippen molar-refractivity contribution in [2.75, 3.05) is 6.79 Å². The second-order valence-electron chi connectivity index (χ2n) is 2.93. The van der Waals surface area contributed by atoms with Gasteiger partial charge in [-0.05, 0) is 13.0 Å². The van der Waals surface area contributed by atoms with Gasteiger partial charge in [0.05, 0.1) is 5.56 Å². The minimum atomic E-state index is 0.104. The van der Waals surface area contributed by atoms with Crippen LogP contribution in [0, 0.1) is 18.3 Å².